The molecule has 2 N–H and O–H groups in total. The highest BCUT2D eigenvalue weighted by Crippen LogP contribution is 2.28. The maximum Gasteiger partial charge on any atom is 0.414 e. The molecule has 2 fully saturated rings. The number of hydrogen-bond donors (Lipinski definition) is 2. The van der Waals surface area contributed by atoms with Crippen molar-refractivity contribution in [2.75, 3.05) is 56.2 Å². The first kappa shape index (κ1) is 23.6. The summed E-state index contributed by atoms with van der Waals surface area (Å²) in [5.41, 5.74) is 3.88. The Morgan fingerprint density at radius 3 is 2.85 bits per heavy atom. The zero-order valence-electron chi connectivity index (χ0n) is 18.5. The van der Waals surface area contributed by atoms with E-state index in [0.717, 1.165) is 0 Å². The molecule has 34 heavy (non-hydrogen) atoms. The Hall–Kier alpha value is -3.52. The van der Waals surface area contributed by atoms with E-state index in [1.165, 1.54) is 35.7 Å². The summed E-state index contributed by atoms with van der Waals surface area (Å²) in [5, 5.41) is 12.0. The van der Waals surface area contributed by atoms with Crippen molar-refractivity contribution in [1.82, 2.24) is 30.5 Å². The Bertz CT molecular complexity index is 1040. The Labute approximate surface area is 200 Å². The number of nitrogens with one attached hydrogen (secondary N) is 2. The normalized spacial score (nSPS) is 18.5. The highest BCUT2D eigenvalue weighted by Gasteiger charge is 2.33. The van der Waals surface area contributed by atoms with Crippen molar-refractivity contribution < 1.29 is 23.5 Å². The van der Waals surface area contributed by atoms with Crippen LogP contribution in [-0.4, -0.2) is 89.4 Å². The first-order chi connectivity index (χ1) is 16.4. The van der Waals surface area contributed by atoms with Gasteiger partial charge in [-0.1, -0.05) is 0 Å². The lowest BCUT2D eigenvalue weighted by molar-refractivity contribution is -0.134. The van der Waals surface area contributed by atoms with E-state index in [1.807, 2.05) is 4.90 Å². The Balaban J connectivity index is 1.36. The molecule has 0 spiro atoms. The number of anilines is 2. The van der Waals surface area contributed by atoms with E-state index < -0.39 is 18.0 Å². The number of thiocarbonyl (C=S) groups is 1. The van der Waals surface area contributed by atoms with E-state index in [0.29, 0.717) is 44.1 Å². The largest absolute Gasteiger partial charge is 0.474 e. The minimum Gasteiger partial charge on any atom is -0.474 e. The third-order valence-corrected chi connectivity index (χ3v) is 5.79. The number of ether oxygens (including phenoxy) is 2. The van der Waals surface area contributed by atoms with E-state index in [1.54, 1.807) is 16.7 Å². The summed E-state index contributed by atoms with van der Waals surface area (Å²) in [7, 11) is 1.45. The molecule has 2 saturated heterocycles. The van der Waals surface area contributed by atoms with Gasteiger partial charge in [-0.3, -0.25) is 14.7 Å². The van der Waals surface area contributed by atoms with Crippen LogP contribution in [-0.2, 0) is 20.8 Å². The van der Waals surface area contributed by atoms with Gasteiger partial charge >= 0.3 is 6.09 Å². The van der Waals surface area contributed by atoms with Crippen LogP contribution in [0, 0.1) is 5.82 Å². The number of aromatic nitrogens is 3. The summed E-state index contributed by atoms with van der Waals surface area (Å²) >= 11 is 4.92. The van der Waals surface area contributed by atoms with Gasteiger partial charge in [-0.05, 0) is 30.4 Å². The molecule has 182 valence electrons. The Morgan fingerprint density at radius 2 is 2.12 bits per heavy atom. The maximum absolute atomic E-state index is 15.1. The fourth-order valence-electron chi connectivity index (χ4n) is 3.76. The second-order valence-corrected chi connectivity index (χ2v) is 8.07. The van der Waals surface area contributed by atoms with Crippen LogP contribution in [0.25, 0.3) is 0 Å². The Morgan fingerprint density at radius 1 is 1.32 bits per heavy atom. The number of rotatable bonds is 6. The fraction of sp³-hybridized carbons (Fsp3) is 0.450. The lowest BCUT2D eigenvalue weighted by Crippen LogP contribution is -2.45. The number of amides is 2. The predicted molar refractivity (Wildman–Crippen MR) is 124 cm³/mol. The predicted octanol–water partition coefficient (Wildman–Crippen LogP) is 0.117. The zero-order valence-corrected chi connectivity index (χ0v) is 19.3. The van der Waals surface area contributed by atoms with Crippen LogP contribution in [0.15, 0.2) is 30.9 Å². The monoisotopic (exact) mass is 492 g/mol. The van der Waals surface area contributed by atoms with Gasteiger partial charge in [-0.25, -0.2) is 14.6 Å². The van der Waals surface area contributed by atoms with Crippen LogP contribution in [0.2, 0.25) is 0 Å². The number of carbonyl (C=O) groups excluding carboxylic acids is 2. The van der Waals surface area contributed by atoms with Crippen LogP contribution >= 0.6 is 12.2 Å². The number of halogens is 1. The molecule has 0 unspecified atom stereocenters. The number of hydrogen-bond acceptors (Lipinski definition) is 9. The minimum atomic E-state index is -0.552. The highest BCUT2D eigenvalue weighted by molar-refractivity contribution is 7.80. The molecule has 2 amide bonds. The molecule has 1 aromatic heterocycles. The molecule has 2 aliphatic heterocycles. The first-order valence-corrected chi connectivity index (χ1v) is 11.1. The number of methoxy groups -OCH3 is 1. The van der Waals surface area contributed by atoms with Gasteiger partial charge in [0, 0.05) is 19.6 Å². The molecule has 2 aliphatic rings. The van der Waals surface area contributed by atoms with Crippen LogP contribution in [0.3, 0.4) is 0 Å². The van der Waals surface area contributed by atoms with Crippen molar-refractivity contribution in [3.63, 3.8) is 0 Å². The molecule has 0 radical (unpaired) electrons. The summed E-state index contributed by atoms with van der Waals surface area (Å²) in [5.74, 6) is -0.600. The van der Waals surface area contributed by atoms with Crippen molar-refractivity contribution in [2.45, 2.75) is 12.6 Å². The summed E-state index contributed by atoms with van der Waals surface area (Å²) in [6, 6.07) is 4.64. The Kier molecular flexibility index (Phi) is 7.37. The molecule has 1 aromatic carbocycles. The molecule has 12 nitrogen and oxygen atoms in total. The average molecular weight is 493 g/mol. The van der Waals surface area contributed by atoms with Crippen LogP contribution in [0.1, 0.15) is 0 Å². The second-order valence-electron chi connectivity index (χ2n) is 7.70. The van der Waals surface area contributed by atoms with Crippen molar-refractivity contribution in [2.24, 2.45) is 0 Å². The highest BCUT2D eigenvalue weighted by atomic mass is 32.1. The van der Waals surface area contributed by atoms with Crippen LogP contribution in [0.5, 0.6) is 0 Å². The quantitative estimate of drug-likeness (QED) is 0.539. The molecule has 14 heteroatoms. The van der Waals surface area contributed by atoms with Gasteiger partial charge in [-0.2, -0.15) is 0 Å². The van der Waals surface area contributed by atoms with Crippen LogP contribution in [0.4, 0.5) is 20.6 Å². The van der Waals surface area contributed by atoms with Gasteiger partial charge in [0.2, 0.25) is 0 Å². The number of benzene rings is 1. The summed E-state index contributed by atoms with van der Waals surface area (Å²) in [6.45, 7) is 2.45. The van der Waals surface area contributed by atoms with E-state index in [-0.39, 0.29) is 24.2 Å². The van der Waals surface area contributed by atoms with Gasteiger partial charge in [0.15, 0.2) is 0 Å². The molecule has 3 heterocycles. The molecule has 0 saturated carbocycles. The minimum absolute atomic E-state index is 0.114. The standard InChI is InChI=1S/C20H25FN8O4S/c1-32-19(34)22-9-15-10-28(20(31)33-15)14-2-3-17(16(21)8-14)27-5-4-25-29(7-6-27)18(30)11-26-12-23-24-13-26/h2-3,8,12-13,15,25H,4-7,9-11H2,1H3,(H,22,34)/t15-/m0/s1. The number of nitrogens with zero attached hydrogens (tertiary/aromatic N) is 6. The number of carbonyl (C=O) groups is 2. The summed E-state index contributed by atoms with van der Waals surface area (Å²) in [6.07, 6.45) is 1.95. The third kappa shape index (κ3) is 5.51. The van der Waals surface area contributed by atoms with Crippen molar-refractivity contribution >= 4 is 40.8 Å². The lowest BCUT2D eigenvalue weighted by atomic mass is 10.2. The van der Waals surface area contributed by atoms with Gasteiger partial charge in [0.1, 0.15) is 31.1 Å². The average Bonchev–Trinajstić information content (AvgIpc) is 3.40. The fourth-order valence-corrected chi connectivity index (χ4v) is 3.84. The van der Waals surface area contributed by atoms with Crippen molar-refractivity contribution in [1.29, 1.82) is 0 Å². The van der Waals surface area contributed by atoms with Gasteiger partial charge in [0.05, 0.1) is 38.1 Å². The number of hydrazine groups is 1. The molecule has 0 aliphatic carbocycles. The second kappa shape index (κ2) is 10.6. The van der Waals surface area contributed by atoms with E-state index in [4.69, 9.17) is 21.7 Å². The van der Waals surface area contributed by atoms with Gasteiger partial charge in [0.25, 0.3) is 11.1 Å². The van der Waals surface area contributed by atoms with E-state index in [2.05, 4.69) is 20.9 Å². The third-order valence-electron chi connectivity index (χ3n) is 5.48. The first-order valence-electron chi connectivity index (χ1n) is 10.7. The van der Waals surface area contributed by atoms with Crippen molar-refractivity contribution in [3.05, 3.63) is 36.7 Å². The molecular formula is C20H25FN8O4S. The van der Waals surface area contributed by atoms with E-state index >= 15 is 4.39 Å². The molecule has 4 rings (SSSR count). The van der Waals surface area contributed by atoms with Crippen LogP contribution < -0.4 is 20.5 Å². The molecule has 0 bridgehead atoms. The maximum atomic E-state index is 15.1. The van der Waals surface area contributed by atoms with Crippen molar-refractivity contribution in [3.8, 4) is 0 Å². The summed E-state index contributed by atoms with van der Waals surface area (Å²) in [4.78, 5) is 28.0. The number of cyclic esters (lactones) is 1. The SMILES string of the molecule is COC(=S)NC[C@H]1CN(c2ccc(N3CCNN(C(=O)Cn4cnnc4)CC3)c(F)c2)C(=O)O1. The smallest absolute Gasteiger partial charge is 0.414 e. The van der Waals surface area contributed by atoms with Gasteiger partial charge in [-0.15, -0.1) is 10.2 Å². The van der Waals surface area contributed by atoms with Gasteiger partial charge < -0.3 is 24.3 Å². The molecule has 2 aromatic rings. The topological polar surface area (TPSA) is 117 Å². The molecule has 1 atom stereocenters. The zero-order chi connectivity index (χ0) is 24.1. The van der Waals surface area contributed by atoms with E-state index in [9.17, 15) is 9.59 Å². The lowest BCUT2D eigenvalue weighted by Gasteiger charge is -2.24. The molecular weight excluding hydrogens is 467 g/mol. The summed E-state index contributed by atoms with van der Waals surface area (Å²) < 4.78 is 26.8.